The average Bonchev–Trinajstić information content (AvgIpc) is 3.17. The number of ether oxygens (including phenoxy) is 1. The van der Waals surface area contributed by atoms with Crippen LogP contribution in [-0.2, 0) is 14.3 Å². The minimum Gasteiger partial charge on any atom is -0.481 e. The molecule has 0 aromatic heterocycles. The summed E-state index contributed by atoms with van der Waals surface area (Å²) < 4.78 is 5.77. The van der Waals surface area contributed by atoms with Gasteiger partial charge >= 0.3 is 5.97 Å². The molecule has 1 aliphatic carbocycles. The zero-order valence-corrected chi connectivity index (χ0v) is 11.7. The molecule has 112 valence electrons. The number of hydrogen-bond donors (Lipinski definition) is 2. The van der Waals surface area contributed by atoms with E-state index in [0.717, 1.165) is 12.0 Å². The van der Waals surface area contributed by atoms with E-state index in [0.29, 0.717) is 19.6 Å². The molecular formula is C16H19NO4. The van der Waals surface area contributed by atoms with Crippen LogP contribution in [0.2, 0.25) is 0 Å². The quantitative estimate of drug-likeness (QED) is 0.863. The molecule has 5 nitrogen and oxygen atoms in total. The van der Waals surface area contributed by atoms with Crippen molar-refractivity contribution in [3.8, 4) is 0 Å². The molecule has 2 N–H and O–H groups in total. The summed E-state index contributed by atoms with van der Waals surface area (Å²) in [5, 5.41) is 11.7. The maximum atomic E-state index is 11.9. The van der Waals surface area contributed by atoms with Crippen LogP contribution < -0.4 is 5.32 Å². The molecule has 1 aromatic rings. The summed E-state index contributed by atoms with van der Waals surface area (Å²) in [5.41, 5.74) is 1.13. The third kappa shape index (κ3) is 3.08. The van der Waals surface area contributed by atoms with Crippen LogP contribution in [-0.4, -0.2) is 30.1 Å². The van der Waals surface area contributed by atoms with Gasteiger partial charge in [-0.2, -0.15) is 0 Å². The second kappa shape index (κ2) is 5.85. The van der Waals surface area contributed by atoms with E-state index in [1.165, 1.54) is 0 Å². The number of carbonyl (C=O) groups excluding carboxylic acids is 1. The van der Waals surface area contributed by atoms with Gasteiger partial charge in [-0.1, -0.05) is 30.3 Å². The lowest BCUT2D eigenvalue weighted by Gasteiger charge is -2.19. The number of carbonyl (C=O) groups is 2. The molecule has 21 heavy (non-hydrogen) atoms. The van der Waals surface area contributed by atoms with Gasteiger partial charge in [0.2, 0.25) is 5.91 Å². The van der Waals surface area contributed by atoms with E-state index in [9.17, 15) is 9.59 Å². The molecule has 0 radical (unpaired) electrons. The van der Waals surface area contributed by atoms with Crippen LogP contribution in [0.25, 0.3) is 0 Å². The number of carboxylic acid groups (broad SMARTS) is 1. The highest BCUT2D eigenvalue weighted by atomic mass is 16.5. The maximum Gasteiger partial charge on any atom is 0.307 e. The van der Waals surface area contributed by atoms with Gasteiger partial charge in [0.1, 0.15) is 0 Å². The molecule has 4 atom stereocenters. The zero-order valence-electron chi connectivity index (χ0n) is 11.7. The molecule has 1 saturated heterocycles. The minimum atomic E-state index is -0.874. The van der Waals surface area contributed by atoms with E-state index in [4.69, 9.17) is 9.84 Å². The highest BCUT2D eigenvalue weighted by Crippen LogP contribution is 2.39. The van der Waals surface area contributed by atoms with Gasteiger partial charge < -0.3 is 15.2 Å². The highest BCUT2D eigenvalue weighted by Gasteiger charge is 2.48. The summed E-state index contributed by atoms with van der Waals surface area (Å²) in [7, 11) is 0. The molecule has 0 spiro atoms. The predicted octanol–water partition coefficient (Wildman–Crippen LogP) is 1.60. The molecule has 3 rings (SSSR count). The summed E-state index contributed by atoms with van der Waals surface area (Å²) in [6, 6.07) is 10.00. The first-order chi connectivity index (χ1) is 10.2. The SMILES string of the molecule is O=C(O)[C@@H]1C[C@H]1C(=O)NC[C@@H]1CCO[C@H]1c1ccccc1. The van der Waals surface area contributed by atoms with Crippen LogP contribution in [0.15, 0.2) is 30.3 Å². The smallest absolute Gasteiger partial charge is 0.307 e. The second-order valence-corrected chi connectivity index (χ2v) is 5.78. The number of rotatable bonds is 5. The molecule has 1 heterocycles. The van der Waals surface area contributed by atoms with Crippen LogP contribution >= 0.6 is 0 Å². The Labute approximate surface area is 123 Å². The Hall–Kier alpha value is -1.88. The molecular weight excluding hydrogens is 270 g/mol. The van der Waals surface area contributed by atoms with Gasteiger partial charge in [0.25, 0.3) is 0 Å². The summed E-state index contributed by atoms with van der Waals surface area (Å²) in [6.45, 7) is 1.24. The van der Waals surface area contributed by atoms with Gasteiger partial charge in [0.05, 0.1) is 17.9 Å². The lowest BCUT2D eigenvalue weighted by atomic mass is 9.95. The standard InChI is InChI=1S/C16H19NO4/c18-15(12-8-13(12)16(19)20)17-9-11-6-7-21-14(11)10-4-2-1-3-5-10/h1-5,11-14H,6-9H2,(H,17,18)(H,19,20)/t11-,12+,13+,14-/m0/s1. The van der Waals surface area contributed by atoms with Gasteiger partial charge in [0.15, 0.2) is 0 Å². The summed E-state index contributed by atoms with van der Waals surface area (Å²) in [6.07, 6.45) is 1.39. The van der Waals surface area contributed by atoms with Crippen LogP contribution in [0, 0.1) is 17.8 Å². The van der Waals surface area contributed by atoms with Crippen molar-refractivity contribution in [2.45, 2.75) is 18.9 Å². The highest BCUT2D eigenvalue weighted by molar-refractivity contribution is 5.89. The summed E-state index contributed by atoms with van der Waals surface area (Å²) in [4.78, 5) is 22.7. The summed E-state index contributed by atoms with van der Waals surface area (Å²) in [5.74, 6) is -1.60. The zero-order chi connectivity index (χ0) is 14.8. The molecule has 1 aromatic carbocycles. The van der Waals surface area contributed by atoms with E-state index in [1.807, 2.05) is 30.3 Å². The Morgan fingerprint density at radius 2 is 2.00 bits per heavy atom. The van der Waals surface area contributed by atoms with Crippen molar-refractivity contribution in [2.75, 3.05) is 13.2 Å². The molecule has 1 aliphatic heterocycles. The Morgan fingerprint density at radius 3 is 2.67 bits per heavy atom. The fourth-order valence-electron chi connectivity index (χ4n) is 2.97. The first-order valence-corrected chi connectivity index (χ1v) is 7.34. The van der Waals surface area contributed by atoms with Gasteiger partial charge in [-0.15, -0.1) is 0 Å². The van der Waals surface area contributed by atoms with Crippen molar-refractivity contribution in [3.05, 3.63) is 35.9 Å². The number of nitrogens with one attached hydrogen (secondary N) is 1. The number of carboxylic acids is 1. The predicted molar refractivity (Wildman–Crippen MR) is 75.5 cm³/mol. The number of aliphatic carboxylic acids is 1. The second-order valence-electron chi connectivity index (χ2n) is 5.78. The van der Waals surface area contributed by atoms with Crippen molar-refractivity contribution < 1.29 is 19.4 Å². The fraction of sp³-hybridized carbons (Fsp3) is 0.500. The lowest BCUT2D eigenvalue weighted by Crippen LogP contribution is -2.32. The van der Waals surface area contributed by atoms with Crippen LogP contribution in [0.3, 0.4) is 0 Å². The van der Waals surface area contributed by atoms with E-state index < -0.39 is 11.9 Å². The average molecular weight is 289 g/mol. The van der Waals surface area contributed by atoms with Gasteiger partial charge in [-0.25, -0.2) is 0 Å². The molecule has 2 aliphatic rings. The lowest BCUT2D eigenvalue weighted by molar-refractivity contribution is -0.140. The van der Waals surface area contributed by atoms with E-state index in [1.54, 1.807) is 0 Å². The van der Waals surface area contributed by atoms with Gasteiger partial charge in [0, 0.05) is 19.1 Å². The van der Waals surface area contributed by atoms with E-state index >= 15 is 0 Å². The van der Waals surface area contributed by atoms with Crippen molar-refractivity contribution >= 4 is 11.9 Å². The normalized spacial score (nSPS) is 30.9. The first-order valence-electron chi connectivity index (χ1n) is 7.34. The molecule has 1 amide bonds. The third-order valence-electron chi connectivity index (χ3n) is 4.33. The Balaban J connectivity index is 1.53. The number of amides is 1. The molecule has 0 unspecified atom stereocenters. The van der Waals surface area contributed by atoms with Crippen LogP contribution in [0.1, 0.15) is 24.5 Å². The topological polar surface area (TPSA) is 75.6 Å². The van der Waals surface area contributed by atoms with Crippen LogP contribution in [0.4, 0.5) is 0 Å². The summed E-state index contributed by atoms with van der Waals surface area (Å²) >= 11 is 0. The Morgan fingerprint density at radius 1 is 1.24 bits per heavy atom. The number of hydrogen-bond acceptors (Lipinski definition) is 3. The Bertz CT molecular complexity index is 530. The number of benzene rings is 1. The fourth-order valence-corrected chi connectivity index (χ4v) is 2.97. The molecule has 0 bridgehead atoms. The van der Waals surface area contributed by atoms with Crippen LogP contribution in [0.5, 0.6) is 0 Å². The minimum absolute atomic E-state index is 0.0148. The molecule has 2 fully saturated rings. The van der Waals surface area contributed by atoms with Gasteiger partial charge in [-0.3, -0.25) is 9.59 Å². The van der Waals surface area contributed by atoms with Crippen molar-refractivity contribution in [1.82, 2.24) is 5.32 Å². The molecule has 5 heteroatoms. The van der Waals surface area contributed by atoms with E-state index in [2.05, 4.69) is 5.32 Å². The van der Waals surface area contributed by atoms with E-state index in [-0.39, 0.29) is 23.8 Å². The first kappa shape index (κ1) is 14.1. The monoisotopic (exact) mass is 289 g/mol. The van der Waals surface area contributed by atoms with Crippen molar-refractivity contribution in [2.24, 2.45) is 17.8 Å². The largest absolute Gasteiger partial charge is 0.481 e. The maximum absolute atomic E-state index is 11.9. The molecule has 1 saturated carbocycles. The van der Waals surface area contributed by atoms with Crippen molar-refractivity contribution in [1.29, 1.82) is 0 Å². The van der Waals surface area contributed by atoms with Gasteiger partial charge in [-0.05, 0) is 18.4 Å². The third-order valence-corrected chi connectivity index (χ3v) is 4.33. The Kier molecular flexibility index (Phi) is 3.92. The van der Waals surface area contributed by atoms with Crippen molar-refractivity contribution in [3.63, 3.8) is 0 Å².